The molecular weight excluding hydrogens is 486 g/mol. The van der Waals surface area contributed by atoms with Crippen LogP contribution in [0.1, 0.15) is 12.0 Å². The van der Waals surface area contributed by atoms with Crippen molar-refractivity contribution in [2.75, 3.05) is 18.4 Å². The maximum atomic E-state index is 13.4. The summed E-state index contributed by atoms with van der Waals surface area (Å²) >= 11 is 18.9. The highest BCUT2D eigenvalue weighted by atomic mass is 35.5. The van der Waals surface area contributed by atoms with E-state index < -0.39 is 5.82 Å². The molecule has 5 rings (SSSR count). The van der Waals surface area contributed by atoms with E-state index in [1.54, 1.807) is 30.5 Å². The first-order valence-electron chi connectivity index (χ1n) is 10.6. The van der Waals surface area contributed by atoms with Gasteiger partial charge in [-0.15, -0.1) is 0 Å². The van der Waals surface area contributed by atoms with Crippen molar-refractivity contribution in [1.82, 2.24) is 24.8 Å². The van der Waals surface area contributed by atoms with E-state index in [2.05, 4.69) is 20.2 Å². The third-order valence-corrected chi connectivity index (χ3v) is 6.63. The van der Waals surface area contributed by atoms with Crippen LogP contribution in [-0.4, -0.2) is 32.6 Å². The molecule has 1 aliphatic heterocycles. The first-order chi connectivity index (χ1) is 16.0. The summed E-state index contributed by atoms with van der Waals surface area (Å²) in [5, 5.41) is 7.73. The number of benzene rings is 2. The first kappa shape index (κ1) is 22.3. The Balaban J connectivity index is 1.53. The van der Waals surface area contributed by atoms with Crippen molar-refractivity contribution in [2.24, 2.45) is 5.92 Å². The molecule has 1 unspecified atom stereocenters. The van der Waals surface area contributed by atoms with Gasteiger partial charge in [0.25, 0.3) is 0 Å². The number of nitrogens with one attached hydrogen (secondary N) is 2. The summed E-state index contributed by atoms with van der Waals surface area (Å²) in [7, 11) is 0. The lowest BCUT2D eigenvalue weighted by molar-refractivity contribution is 0.490. The summed E-state index contributed by atoms with van der Waals surface area (Å²) in [5.41, 5.74) is 2.85. The minimum absolute atomic E-state index is 0.0789. The standard InChI is InChI=1S/C23H20Cl3FN6/c24-15-2-1-3-16(25)20(15)22-31-19-11-30-23(29-10-13-4-5-18(27)17(26)8-13)32-21(19)33(22)12-14-6-7-28-9-14/h1-5,8,11,14,28H,6-7,9-10,12H2,(H,29,30,32). The molecule has 170 valence electrons. The van der Waals surface area contributed by atoms with E-state index in [9.17, 15) is 4.39 Å². The number of rotatable bonds is 6. The first-order valence-corrected chi connectivity index (χ1v) is 11.7. The molecule has 1 fully saturated rings. The maximum absolute atomic E-state index is 13.4. The van der Waals surface area contributed by atoms with Crippen LogP contribution >= 0.6 is 34.8 Å². The van der Waals surface area contributed by atoms with E-state index in [1.807, 2.05) is 6.07 Å². The highest BCUT2D eigenvalue weighted by Gasteiger charge is 2.23. The van der Waals surface area contributed by atoms with Gasteiger partial charge in [0.1, 0.15) is 17.2 Å². The van der Waals surface area contributed by atoms with E-state index >= 15 is 0 Å². The molecule has 0 spiro atoms. The molecule has 1 aliphatic rings. The molecule has 6 nitrogen and oxygen atoms in total. The molecule has 4 aromatic rings. The zero-order valence-electron chi connectivity index (χ0n) is 17.5. The van der Waals surface area contributed by atoms with Crippen LogP contribution in [0.2, 0.25) is 15.1 Å². The molecular formula is C23H20Cl3FN6. The van der Waals surface area contributed by atoms with E-state index in [0.717, 1.165) is 31.6 Å². The highest BCUT2D eigenvalue weighted by Crippen LogP contribution is 2.36. The Morgan fingerprint density at radius 3 is 2.64 bits per heavy atom. The molecule has 2 N–H and O–H groups in total. The predicted octanol–water partition coefficient (Wildman–Crippen LogP) is 5.81. The van der Waals surface area contributed by atoms with Gasteiger partial charge in [-0.1, -0.05) is 46.9 Å². The number of halogens is 4. The fourth-order valence-corrected chi connectivity index (χ4v) is 4.81. The highest BCUT2D eigenvalue weighted by molar-refractivity contribution is 6.39. The fourth-order valence-electron chi connectivity index (χ4n) is 4.04. The van der Waals surface area contributed by atoms with Crippen molar-refractivity contribution in [3.8, 4) is 11.4 Å². The number of aromatic nitrogens is 4. The van der Waals surface area contributed by atoms with Crippen LogP contribution in [0, 0.1) is 11.7 Å². The Labute approximate surface area is 205 Å². The van der Waals surface area contributed by atoms with Crippen molar-refractivity contribution in [1.29, 1.82) is 0 Å². The van der Waals surface area contributed by atoms with Crippen molar-refractivity contribution in [3.05, 3.63) is 69.0 Å². The number of hydrogen-bond donors (Lipinski definition) is 2. The predicted molar refractivity (Wildman–Crippen MR) is 130 cm³/mol. The quantitative estimate of drug-likeness (QED) is 0.346. The van der Waals surface area contributed by atoms with Crippen LogP contribution in [0.3, 0.4) is 0 Å². The van der Waals surface area contributed by atoms with Gasteiger partial charge in [-0.05, 0) is 55.3 Å². The second-order valence-electron chi connectivity index (χ2n) is 8.01. The summed E-state index contributed by atoms with van der Waals surface area (Å²) in [4.78, 5) is 13.9. The largest absolute Gasteiger partial charge is 0.350 e. The van der Waals surface area contributed by atoms with Crippen LogP contribution in [0.25, 0.3) is 22.6 Å². The lowest BCUT2D eigenvalue weighted by Gasteiger charge is -2.15. The molecule has 0 bridgehead atoms. The molecule has 10 heteroatoms. The molecule has 0 radical (unpaired) electrons. The van der Waals surface area contributed by atoms with Gasteiger partial charge in [0.05, 0.1) is 26.8 Å². The third kappa shape index (κ3) is 4.64. The van der Waals surface area contributed by atoms with Gasteiger partial charge < -0.3 is 15.2 Å². The average Bonchev–Trinajstić information content (AvgIpc) is 3.43. The normalized spacial score (nSPS) is 15.9. The Bertz CT molecular complexity index is 1300. The number of anilines is 1. The van der Waals surface area contributed by atoms with Crippen molar-refractivity contribution < 1.29 is 4.39 Å². The van der Waals surface area contributed by atoms with Crippen LogP contribution in [0.4, 0.5) is 10.3 Å². The van der Waals surface area contributed by atoms with Crippen LogP contribution in [-0.2, 0) is 13.1 Å². The molecule has 0 aliphatic carbocycles. The van der Waals surface area contributed by atoms with E-state index in [1.165, 1.54) is 6.07 Å². The summed E-state index contributed by atoms with van der Waals surface area (Å²) in [6.07, 6.45) is 2.75. The Morgan fingerprint density at radius 2 is 1.91 bits per heavy atom. The molecule has 0 amide bonds. The van der Waals surface area contributed by atoms with Crippen LogP contribution in [0.15, 0.2) is 42.6 Å². The summed E-state index contributed by atoms with van der Waals surface area (Å²) in [6, 6.07) is 10.0. The van der Waals surface area contributed by atoms with Crippen LogP contribution < -0.4 is 10.6 Å². The summed E-state index contributed by atoms with van der Waals surface area (Å²) in [5.74, 6) is 1.10. The van der Waals surface area contributed by atoms with E-state index in [-0.39, 0.29) is 5.02 Å². The lowest BCUT2D eigenvalue weighted by Crippen LogP contribution is -2.16. The van der Waals surface area contributed by atoms with E-state index in [4.69, 9.17) is 44.8 Å². The maximum Gasteiger partial charge on any atom is 0.225 e. The minimum Gasteiger partial charge on any atom is -0.350 e. The second-order valence-corrected chi connectivity index (χ2v) is 9.23. The van der Waals surface area contributed by atoms with E-state index in [0.29, 0.717) is 51.0 Å². The number of nitrogens with zero attached hydrogens (tertiary/aromatic N) is 4. The fraction of sp³-hybridized carbons (Fsp3) is 0.261. The minimum atomic E-state index is -0.450. The van der Waals surface area contributed by atoms with Gasteiger partial charge in [0.2, 0.25) is 5.95 Å². The molecule has 1 atom stereocenters. The van der Waals surface area contributed by atoms with Gasteiger partial charge in [-0.2, -0.15) is 4.98 Å². The molecule has 1 saturated heterocycles. The molecule has 3 heterocycles. The number of fused-ring (bicyclic) bond motifs is 1. The van der Waals surface area contributed by atoms with Crippen molar-refractivity contribution in [3.63, 3.8) is 0 Å². The second kappa shape index (κ2) is 9.43. The smallest absolute Gasteiger partial charge is 0.225 e. The van der Waals surface area contributed by atoms with Crippen LogP contribution in [0.5, 0.6) is 0 Å². The van der Waals surface area contributed by atoms with Crippen molar-refractivity contribution in [2.45, 2.75) is 19.5 Å². The molecule has 33 heavy (non-hydrogen) atoms. The third-order valence-electron chi connectivity index (χ3n) is 5.71. The monoisotopic (exact) mass is 504 g/mol. The Kier molecular flexibility index (Phi) is 6.38. The Morgan fingerprint density at radius 1 is 1.09 bits per heavy atom. The van der Waals surface area contributed by atoms with Gasteiger partial charge in [0.15, 0.2) is 5.65 Å². The zero-order chi connectivity index (χ0) is 22.9. The van der Waals surface area contributed by atoms with Gasteiger partial charge >= 0.3 is 0 Å². The topological polar surface area (TPSA) is 67.7 Å². The molecule has 2 aromatic carbocycles. The van der Waals surface area contributed by atoms with Gasteiger partial charge in [-0.3, -0.25) is 0 Å². The summed E-state index contributed by atoms with van der Waals surface area (Å²) in [6.45, 7) is 3.04. The number of hydrogen-bond acceptors (Lipinski definition) is 5. The molecule has 2 aromatic heterocycles. The SMILES string of the molecule is Fc1ccc(CNc2ncc3nc(-c4c(Cl)cccc4Cl)n(CC4CCNC4)c3n2)cc1Cl. The van der Waals surface area contributed by atoms with Gasteiger partial charge in [-0.25, -0.2) is 14.4 Å². The summed E-state index contributed by atoms with van der Waals surface area (Å²) < 4.78 is 15.5. The Hall–Kier alpha value is -2.45. The average molecular weight is 506 g/mol. The van der Waals surface area contributed by atoms with Gasteiger partial charge in [0, 0.05) is 13.1 Å². The lowest BCUT2D eigenvalue weighted by atomic mass is 10.1. The number of imidazole rings is 1. The zero-order valence-corrected chi connectivity index (χ0v) is 19.7. The van der Waals surface area contributed by atoms with Crippen molar-refractivity contribution >= 4 is 51.9 Å². The molecule has 0 saturated carbocycles.